The molecule has 0 spiro atoms. The van der Waals surface area contributed by atoms with E-state index in [0.29, 0.717) is 12.3 Å². The first-order valence-corrected chi connectivity index (χ1v) is 7.58. The van der Waals surface area contributed by atoms with Crippen LogP contribution in [-0.4, -0.2) is 31.0 Å². The fourth-order valence-corrected chi connectivity index (χ4v) is 3.20. The summed E-state index contributed by atoms with van der Waals surface area (Å²) in [6.07, 6.45) is 2.31. The van der Waals surface area contributed by atoms with Crippen LogP contribution < -0.4 is 0 Å². The Morgan fingerprint density at radius 3 is 2.57 bits per heavy atom. The maximum atomic E-state index is 12.0. The van der Waals surface area contributed by atoms with Gasteiger partial charge in [-0.25, -0.2) is 0 Å². The number of nitrogens with zero attached hydrogens (tertiary/aromatic N) is 1. The Morgan fingerprint density at radius 2 is 2.00 bits per heavy atom. The van der Waals surface area contributed by atoms with Gasteiger partial charge in [-0.1, -0.05) is 44.2 Å². The minimum atomic E-state index is -0.449. The Morgan fingerprint density at radius 1 is 1.33 bits per heavy atom. The fraction of sp³-hybridized carbons (Fsp3) is 0.588. The molecule has 1 saturated heterocycles. The molecule has 1 aromatic carbocycles. The van der Waals surface area contributed by atoms with Gasteiger partial charge >= 0.3 is 5.97 Å². The van der Waals surface area contributed by atoms with Gasteiger partial charge in [0.2, 0.25) is 0 Å². The second kappa shape index (κ2) is 7.81. The molecule has 1 aliphatic rings. The average molecular weight is 312 g/mol. The molecule has 2 atom stereocenters. The molecule has 3 nitrogen and oxygen atoms in total. The second-order valence-corrected chi connectivity index (χ2v) is 5.70. The van der Waals surface area contributed by atoms with Crippen molar-refractivity contribution in [1.29, 1.82) is 0 Å². The fourth-order valence-electron chi connectivity index (χ4n) is 3.20. The van der Waals surface area contributed by atoms with Gasteiger partial charge in [-0.15, -0.1) is 12.4 Å². The molecule has 1 aliphatic heterocycles. The molecule has 21 heavy (non-hydrogen) atoms. The van der Waals surface area contributed by atoms with Crippen LogP contribution in [0.4, 0.5) is 0 Å². The topological polar surface area (TPSA) is 29.5 Å². The monoisotopic (exact) mass is 311 g/mol. The predicted octanol–water partition coefficient (Wildman–Crippen LogP) is 3.62. The van der Waals surface area contributed by atoms with Gasteiger partial charge in [0.25, 0.3) is 0 Å². The summed E-state index contributed by atoms with van der Waals surface area (Å²) in [5, 5.41) is 0. The van der Waals surface area contributed by atoms with Crippen molar-refractivity contribution in [3.8, 4) is 0 Å². The first-order chi connectivity index (χ1) is 9.62. The summed E-state index contributed by atoms with van der Waals surface area (Å²) in [7, 11) is 2.14. The highest BCUT2D eigenvalue weighted by atomic mass is 35.5. The zero-order valence-electron chi connectivity index (χ0n) is 13.2. The van der Waals surface area contributed by atoms with E-state index in [1.165, 1.54) is 0 Å². The number of likely N-dealkylation sites (tertiary alicyclic amines) is 1. The van der Waals surface area contributed by atoms with Gasteiger partial charge in [0.05, 0.1) is 0 Å². The van der Waals surface area contributed by atoms with Crippen molar-refractivity contribution >= 4 is 18.4 Å². The van der Waals surface area contributed by atoms with E-state index >= 15 is 0 Å². The highest BCUT2D eigenvalue weighted by Crippen LogP contribution is 2.42. The molecule has 1 aromatic rings. The number of carbonyl (C=O) groups excluding carboxylic acids is 1. The van der Waals surface area contributed by atoms with Crippen molar-refractivity contribution in [2.45, 2.75) is 38.7 Å². The lowest BCUT2D eigenvalue weighted by atomic mass is 9.74. The number of piperidine rings is 1. The molecule has 0 aliphatic carbocycles. The summed E-state index contributed by atoms with van der Waals surface area (Å²) in [6.45, 7) is 5.98. The van der Waals surface area contributed by atoms with E-state index in [9.17, 15) is 4.79 Å². The van der Waals surface area contributed by atoms with Crippen LogP contribution in [0.25, 0.3) is 0 Å². The molecule has 0 N–H and O–H groups in total. The van der Waals surface area contributed by atoms with Crippen molar-refractivity contribution in [1.82, 2.24) is 4.90 Å². The number of hydrogen-bond acceptors (Lipinski definition) is 3. The van der Waals surface area contributed by atoms with Crippen LogP contribution in [0.15, 0.2) is 30.3 Å². The van der Waals surface area contributed by atoms with Crippen LogP contribution in [0.2, 0.25) is 0 Å². The lowest BCUT2D eigenvalue weighted by molar-refractivity contribution is -0.176. The number of esters is 1. The third kappa shape index (κ3) is 3.78. The molecule has 0 amide bonds. The summed E-state index contributed by atoms with van der Waals surface area (Å²) in [5.74, 6) is 0.246. The van der Waals surface area contributed by atoms with Gasteiger partial charge < -0.3 is 9.64 Å². The summed E-state index contributed by atoms with van der Waals surface area (Å²) in [4.78, 5) is 14.3. The van der Waals surface area contributed by atoms with Gasteiger partial charge in [0, 0.05) is 31.8 Å². The number of carbonyl (C=O) groups is 1. The molecule has 0 bridgehead atoms. The van der Waals surface area contributed by atoms with Gasteiger partial charge in [-0.05, 0) is 19.0 Å². The van der Waals surface area contributed by atoms with Gasteiger partial charge in [-0.2, -0.15) is 0 Å². The zero-order chi connectivity index (χ0) is 14.6. The minimum Gasteiger partial charge on any atom is -0.454 e. The molecule has 2 rings (SSSR count). The van der Waals surface area contributed by atoms with Crippen LogP contribution in [0.1, 0.15) is 38.7 Å². The van der Waals surface area contributed by atoms with E-state index in [4.69, 9.17) is 4.74 Å². The number of ether oxygens (including phenoxy) is 1. The Balaban J connectivity index is 0.00000220. The zero-order valence-corrected chi connectivity index (χ0v) is 14.0. The van der Waals surface area contributed by atoms with E-state index in [2.05, 4.69) is 31.0 Å². The van der Waals surface area contributed by atoms with Crippen LogP contribution in [0, 0.1) is 5.92 Å². The molecule has 0 unspecified atom stereocenters. The quantitative estimate of drug-likeness (QED) is 0.795. The van der Waals surface area contributed by atoms with E-state index < -0.39 is 5.60 Å². The molecule has 4 heteroatoms. The summed E-state index contributed by atoms with van der Waals surface area (Å²) in [6, 6.07) is 10.3. The third-order valence-corrected chi connectivity index (χ3v) is 4.40. The molecule has 0 radical (unpaired) electrons. The van der Waals surface area contributed by atoms with Gasteiger partial charge in [0.15, 0.2) is 0 Å². The molecule has 0 saturated carbocycles. The molecule has 0 aromatic heterocycles. The smallest absolute Gasteiger partial charge is 0.306 e. The van der Waals surface area contributed by atoms with Gasteiger partial charge in [-0.3, -0.25) is 4.79 Å². The second-order valence-electron chi connectivity index (χ2n) is 5.70. The highest BCUT2D eigenvalue weighted by Gasteiger charge is 2.45. The largest absolute Gasteiger partial charge is 0.454 e. The molecular weight excluding hydrogens is 286 g/mol. The lowest BCUT2D eigenvalue weighted by Gasteiger charge is -2.46. The Bertz CT molecular complexity index is 451. The van der Waals surface area contributed by atoms with E-state index in [1.807, 2.05) is 25.1 Å². The van der Waals surface area contributed by atoms with Crippen LogP contribution in [0.5, 0.6) is 0 Å². The summed E-state index contributed by atoms with van der Waals surface area (Å²) in [5.41, 5.74) is 0.692. The number of halogens is 1. The number of rotatable bonds is 4. The molecular formula is C17H26ClNO2. The van der Waals surface area contributed by atoms with Crippen LogP contribution >= 0.6 is 12.4 Å². The Hall–Kier alpha value is -1.06. The normalized spacial score (nSPS) is 26.0. The van der Waals surface area contributed by atoms with E-state index in [0.717, 1.165) is 31.5 Å². The lowest BCUT2D eigenvalue weighted by Crippen LogP contribution is -2.51. The molecule has 118 valence electrons. The van der Waals surface area contributed by atoms with Crippen molar-refractivity contribution in [3.63, 3.8) is 0 Å². The Labute approximate surface area is 134 Å². The Kier molecular flexibility index (Phi) is 6.69. The highest BCUT2D eigenvalue weighted by molar-refractivity contribution is 5.85. The first-order valence-electron chi connectivity index (χ1n) is 7.58. The predicted molar refractivity (Wildman–Crippen MR) is 87.6 cm³/mol. The van der Waals surface area contributed by atoms with E-state index in [1.54, 1.807) is 0 Å². The average Bonchev–Trinajstić information content (AvgIpc) is 2.49. The van der Waals surface area contributed by atoms with E-state index in [-0.39, 0.29) is 18.4 Å². The number of benzene rings is 1. The van der Waals surface area contributed by atoms with Crippen molar-refractivity contribution < 1.29 is 9.53 Å². The first kappa shape index (κ1) is 18.0. The summed E-state index contributed by atoms with van der Waals surface area (Å²) >= 11 is 0. The van der Waals surface area contributed by atoms with Crippen molar-refractivity contribution in [2.75, 3.05) is 20.1 Å². The number of hydrogen-bond donors (Lipinski definition) is 0. The molecule has 1 fully saturated rings. The maximum absolute atomic E-state index is 12.0. The van der Waals surface area contributed by atoms with Crippen LogP contribution in [0.3, 0.4) is 0 Å². The van der Waals surface area contributed by atoms with Gasteiger partial charge in [0.1, 0.15) is 5.60 Å². The minimum absolute atomic E-state index is 0. The standard InChI is InChI=1S/C17H25NO2.ClH/c1-4-14-13-18(3)12-11-17(14,20-16(19)5-2)15-9-7-6-8-10-15;/h6-10,14H,4-5,11-13H2,1-3H3;1H/t14-,17-;/m1./s1. The summed E-state index contributed by atoms with van der Waals surface area (Å²) < 4.78 is 6.00. The maximum Gasteiger partial charge on any atom is 0.306 e. The van der Waals surface area contributed by atoms with Crippen molar-refractivity contribution in [2.24, 2.45) is 5.92 Å². The molecule has 1 heterocycles. The van der Waals surface area contributed by atoms with Crippen LogP contribution in [-0.2, 0) is 15.1 Å². The van der Waals surface area contributed by atoms with Crippen molar-refractivity contribution in [3.05, 3.63) is 35.9 Å². The SMILES string of the molecule is CCC(=O)O[C@]1(c2ccccc2)CCN(C)C[C@H]1CC.Cl. The third-order valence-electron chi connectivity index (χ3n) is 4.40.